The number of amides is 1. The Kier molecular flexibility index (Phi) is 5.52. The van der Waals surface area contributed by atoms with Crippen LogP contribution in [-0.2, 0) is 9.84 Å². The molecule has 9 nitrogen and oxygen atoms in total. The number of nitrogens with two attached hydrogens (primary N) is 2. The van der Waals surface area contributed by atoms with Crippen LogP contribution in [0.1, 0.15) is 28.2 Å². The maximum Gasteiger partial charge on any atom is 0.269 e. The van der Waals surface area contributed by atoms with Gasteiger partial charge in [-0.3, -0.25) is 4.79 Å². The molecule has 1 saturated heterocycles. The fourth-order valence-electron chi connectivity index (χ4n) is 3.24. The lowest BCUT2D eigenvalue weighted by atomic mass is 10.1. The number of hydrogen-bond acceptors (Lipinski definition) is 8. The molecule has 0 aliphatic carbocycles. The molecular formula is C18H24N6O3S. The van der Waals surface area contributed by atoms with Crippen LogP contribution in [0.4, 0.5) is 17.2 Å². The second-order valence-corrected chi connectivity index (χ2v) is 9.33. The molecule has 10 heteroatoms. The van der Waals surface area contributed by atoms with Gasteiger partial charge in [-0.1, -0.05) is 0 Å². The molecule has 0 saturated carbocycles. The number of nitrogens with zero attached hydrogens (tertiary/aromatic N) is 2. The first-order valence-corrected chi connectivity index (χ1v) is 10.7. The van der Waals surface area contributed by atoms with E-state index in [1.165, 1.54) is 6.20 Å². The van der Waals surface area contributed by atoms with E-state index < -0.39 is 21.8 Å². The second kappa shape index (κ2) is 7.72. The average molecular weight is 404 g/mol. The molecule has 6 N–H and O–H groups in total. The summed E-state index contributed by atoms with van der Waals surface area (Å²) < 4.78 is 23.8. The third kappa shape index (κ3) is 4.76. The van der Waals surface area contributed by atoms with Crippen molar-refractivity contribution >= 4 is 32.9 Å². The summed E-state index contributed by atoms with van der Waals surface area (Å²) in [5.74, 6) is -0.0879. The van der Waals surface area contributed by atoms with Crippen LogP contribution >= 0.6 is 0 Å². The highest BCUT2D eigenvalue weighted by molar-refractivity contribution is 7.91. The zero-order valence-electron chi connectivity index (χ0n) is 15.8. The Morgan fingerprint density at radius 2 is 2.00 bits per heavy atom. The summed E-state index contributed by atoms with van der Waals surface area (Å²) in [7, 11) is -3.14. The van der Waals surface area contributed by atoms with Crippen molar-refractivity contribution in [3.05, 3.63) is 41.3 Å². The lowest BCUT2D eigenvalue weighted by Crippen LogP contribution is -2.50. The summed E-state index contributed by atoms with van der Waals surface area (Å²) in [5, 5.41) is 6.20. The minimum atomic E-state index is -3.14. The zero-order valence-corrected chi connectivity index (χ0v) is 16.6. The van der Waals surface area contributed by atoms with E-state index in [9.17, 15) is 13.2 Å². The van der Waals surface area contributed by atoms with Crippen LogP contribution in [-0.4, -0.2) is 47.9 Å². The second-order valence-electron chi connectivity index (χ2n) is 7.10. The summed E-state index contributed by atoms with van der Waals surface area (Å²) in [6.45, 7) is 3.81. The molecular weight excluding hydrogens is 380 g/mol. The van der Waals surface area contributed by atoms with Gasteiger partial charge in [0, 0.05) is 11.7 Å². The molecule has 0 aromatic carbocycles. The van der Waals surface area contributed by atoms with Gasteiger partial charge in [0.1, 0.15) is 5.82 Å². The van der Waals surface area contributed by atoms with E-state index in [0.717, 1.165) is 11.3 Å². The van der Waals surface area contributed by atoms with Crippen molar-refractivity contribution < 1.29 is 13.2 Å². The Balaban J connectivity index is 1.90. The monoisotopic (exact) mass is 404 g/mol. The number of primary amides is 1. The SMILES string of the molecule is Cc1cc(C)nc(Nc2cc(N[C@H]3CS(=O)(=O)CC[C@H]3N)cnc2C(N)=O)c1. The molecule has 0 radical (unpaired) electrons. The van der Waals surface area contributed by atoms with Gasteiger partial charge in [0.2, 0.25) is 0 Å². The molecule has 0 spiro atoms. The van der Waals surface area contributed by atoms with Gasteiger partial charge in [-0.05, 0) is 44.0 Å². The van der Waals surface area contributed by atoms with E-state index in [4.69, 9.17) is 11.5 Å². The first kappa shape index (κ1) is 20.0. The van der Waals surface area contributed by atoms with Crippen molar-refractivity contribution in [3.63, 3.8) is 0 Å². The maximum absolute atomic E-state index is 11.9. The number of carbonyl (C=O) groups is 1. The third-order valence-corrected chi connectivity index (χ3v) is 6.27. The zero-order chi connectivity index (χ0) is 20.5. The number of hydrogen-bond donors (Lipinski definition) is 4. The molecule has 28 heavy (non-hydrogen) atoms. The lowest BCUT2D eigenvalue weighted by molar-refractivity contribution is 0.0996. The molecule has 0 bridgehead atoms. The summed E-state index contributed by atoms with van der Waals surface area (Å²) >= 11 is 0. The fraction of sp³-hybridized carbons (Fsp3) is 0.389. The number of carbonyl (C=O) groups excluding carboxylic acids is 1. The van der Waals surface area contributed by atoms with Crippen molar-refractivity contribution in [2.45, 2.75) is 32.4 Å². The Morgan fingerprint density at radius 3 is 2.68 bits per heavy atom. The van der Waals surface area contributed by atoms with Crippen LogP contribution in [0.15, 0.2) is 24.4 Å². The van der Waals surface area contributed by atoms with Crippen molar-refractivity contribution in [2.75, 3.05) is 22.1 Å². The van der Waals surface area contributed by atoms with Crippen LogP contribution in [0.2, 0.25) is 0 Å². The van der Waals surface area contributed by atoms with E-state index >= 15 is 0 Å². The molecule has 2 aromatic rings. The quantitative estimate of drug-likeness (QED) is 0.572. The largest absolute Gasteiger partial charge is 0.378 e. The molecule has 150 valence electrons. The predicted molar refractivity (Wildman–Crippen MR) is 108 cm³/mol. The van der Waals surface area contributed by atoms with Gasteiger partial charge in [-0.2, -0.15) is 0 Å². The molecule has 1 amide bonds. The van der Waals surface area contributed by atoms with Crippen LogP contribution in [0.5, 0.6) is 0 Å². The smallest absolute Gasteiger partial charge is 0.269 e. The number of nitrogens with one attached hydrogen (secondary N) is 2. The Hall–Kier alpha value is -2.72. The Bertz CT molecular complexity index is 988. The highest BCUT2D eigenvalue weighted by Crippen LogP contribution is 2.24. The first-order valence-electron chi connectivity index (χ1n) is 8.88. The molecule has 1 aliphatic rings. The van der Waals surface area contributed by atoms with Crippen LogP contribution in [0, 0.1) is 13.8 Å². The average Bonchev–Trinajstić information content (AvgIpc) is 2.57. The first-order chi connectivity index (χ1) is 13.1. The molecule has 1 aliphatic heterocycles. The Morgan fingerprint density at radius 1 is 1.25 bits per heavy atom. The minimum absolute atomic E-state index is 0.0485. The predicted octanol–water partition coefficient (Wildman–Crippen LogP) is 0.862. The van der Waals surface area contributed by atoms with Crippen molar-refractivity contribution in [3.8, 4) is 0 Å². The molecule has 3 heterocycles. The Labute approximate surface area is 163 Å². The summed E-state index contributed by atoms with van der Waals surface area (Å²) in [6.07, 6.45) is 1.83. The van der Waals surface area contributed by atoms with E-state index in [1.807, 2.05) is 26.0 Å². The lowest BCUT2D eigenvalue weighted by Gasteiger charge is -2.30. The summed E-state index contributed by atoms with van der Waals surface area (Å²) in [5.41, 5.74) is 14.3. The van der Waals surface area contributed by atoms with E-state index in [1.54, 1.807) is 6.07 Å². The molecule has 3 rings (SSSR count). The minimum Gasteiger partial charge on any atom is -0.378 e. The fourth-order valence-corrected chi connectivity index (χ4v) is 4.91. The van der Waals surface area contributed by atoms with Crippen molar-refractivity contribution in [1.82, 2.24) is 9.97 Å². The molecule has 0 unspecified atom stereocenters. The molecule has 2 atom stereocenters. The van der Waals surface area contributed by atoms with Crippen LogP contribution in [0.3, 0.4) is 0 Å². The summed E-state index contributed by atoms with van der Waals surface area (Å²) in [6, 6.07) is 4.69. The van der Waals surface area contributed by atoms with Gasteiger partial charge < -0.3 is 22.1 Å². The highest BCUT2D eigenvalue weighted by Gasteiger charge is 2.31. The number of rotatable bonds is 5. The van der Waals surface area contributed by atoms with Gasteiger partial charge in [0.15, 0.2) is 15.5 Å². The molecule has 2 aromatic heterocycles. The van der Waals surface area contributed by atoms with Crippen molar-refractivity contribution in [1.29, 1.82) is 0 Å². The van der Waals surface area contributed by atoms with Gasteiger partial charge in [-0.15, -0.1) is 0 Å². The van der Waals surface area contributed by atoms with E-state index in [-0.39, 0.29) is 23.2 Å². The highest BCUT2D eigenvalue weighted by atomic mass is 32.2. The van der Waals surface area contributed by atoms with Gasteiger partial charge in [-0.25, -0.2) is 18.4 Å². The summed E-state index contributed by atoms with van der Waals surface area (Å²) in [4.78, 5) is 20.3. The normalized spacial score (nSPS) is 21.1. The van der Waals surface area contributed by atoms with Gasteiger partial charge in [0.05, 0.1) is 35.1 Å². The van der Waals surface area contributed by atoms with Gasteiger partial charge in [0.25, 0.3) is 5.91 Å². The topological polar surface area (TPSA) is 153 Å². The standard InChI is InChI=1S/C18H24N6O3S/c1-10-5-11(2)22-16(6-10)24-14-7-12(8-21-17(14)18(20)25)23-15-9-28(26,27)4-3-13(15)19/h5-8,13,15,23H,3-4,9,19H2,1-2H3,(H2,20,25)(H,22,24)/t13-,15+/m1/s1. The maximum atomic E-state index is 11.9. The van der Waals surface area contributed by atoms with E-state index in [0.29, 0.717) is 23.6 Å². The van der Waals surface area contributed by atoms with Crippen LogP contribution < -0.4 is 22.1 Å². The number of pyridine rings is 2. The number of sulfone groups is 1. The number of anilines is 3. The van der Waals surface area contributed by atoms with E-state index in [2.05, 4.69) is 20.6 Å². The number of aryl methyl sites for hydroxylation is 2. The molecule has 1 fully saturated rings. The third-order valence-electron chi connectivity index (χ3n) is 4.55. The number of aromatic nitrogens is 2. The van der Waals surface area contributed by atoms with Gasteiger partial charge >= 0.3 is 0 Å². The van der Waals surface area contributed by atoms with Crippen molar-refractivity contribution in [2.24, 2.45) is 11.5 Å². The van der Waals surface area contributed by atoms with Crippen LogP contribution in [0.25, 0.3) is 0 Å².